The number of carbonyl (C=O) groups excluding carboxylic acids is 2. The van der Waals surface area contributed by atoms with Crippen molar-refractivity contribution in [2.24, 2.45) is 22.7 Å². The summed E-state index contributed by atoms with van der Waals surface area (Å²) in [5, 5.41) is 23.9. The van der Waals surface area contributed by atoms with Crippen LogP contribution in [0.1, 0.15) is 64.4 Å². The standard InChI is InChI=1S/C27H37F3N2O5/c1-25-11-10-22(37-24(36)31-18-7-5-6-17(14-18)27(28,29)30)26(2,16-33)21(25)9-8-20(34)19(25)15-23(35)32-12-3-4-13-32/h5-7,14,19-22,33-34H,3-4,8-13,15-16H2,1-2H3,(H,31,36). The van der Waals surface area contributed by atoms with Crippen LogP contribution in [0.5, 0.6) is 0 Å². The average molecular weight is 527 g/mol. The van der Waals surface area contributed by atoms with Gasteiger partial charge in [-0.05, 0) is 74.0 Å². The first kappa shape index (κ1) is 27.7. The van der Waals surface area contributed by atoms with Gasteiger partial charge < -0.3 is 19.8 Å². The summed E-state index contributed by atoms with van der Waals surface area (Å²) in [4.78, 5) is 27.6. The fourth-order valence-electron chi connectivity index (χ4n) is 7.11. The SMILES string of the molecule is CC1(CO)C(OC(=O)Nc2cccc(C(F)(F)F)c2)CCC2(C)C(CC(=O)N3CCCC3)C(O)CCC12. The number of nitrogens with zero attached hydrogens (tertiary/aromatic N) is 1. The van der Waals surface area contributed by atoms with Gasteiger partial charge in [0.25, 0.3) is 0 Å². The molecule has 3 aliphatic rings. The van der Waals surface area contributed by atoms with E-state index in [0.717, 1.165) is 38.1 Å². The number of hydrogen-bond donors (Lipinski definition) is 3. The van der Waals surface area contributed by atoms with Gasteiger partial charge in [0.1, 0.15) is 6.10 Å². The molecular formula is C27H37F3N2O5. The molecule has 7 nitrogen and oxygen atoms in total. The molecule has 6 unspecified atom stereocenters. The summed E-state index contributed by atoms with van der Waals surface area (Å²) in [6.07, 6.45) is -2.42. The van der Waals surface area contributed by atoms with Gasteiger partial charge in [-0.25, -0.2) is 4.79 Å². The van der Waals surface area contributed by atoms with Crippen molar-refractivity contribution >= 4 is 17.7 Å². The normalized spacial score (nSPS) is 34.1. The molecule has 0 radical (unpaired) electrons. The van der Waals surface area contributed by atoms with E-state index in [0.29, 0.717) is 25.7 Å². The Labute approximate surface area is 215 Å². The number of rotatable bonds is 5. The van der Waals surface area contributed by atoms with Crippen LogP contribution in [0.2, 0.25) is 0 Å². The van der Waals surface area contributed by atoms with Gasteiger partial charge in [-0.1, -0.05) is 19.9 Å². The molecule has 2 aliphatic carbocycles. The molecule has 37 heavy (non-hydrogen) atoms. The Kier molecular flexibility index (Phi) is 7.82. The second-order valence-electron chi connectivity index (χ2n) is 11.4. The van der Waals surface area contributed by atoms with Gasteiger partial charge in [0.05, 0.1) is 18.3 Å². The summed E-state index contributed by atoms with van der Waals surface area (Å²) in [5.74, 6) is -0.344. The van der Waals surface area contributed by atoms with Gasteiger partial charge in [0, 0.05) is 30.6 Å². The maximum atomic E-state index is 13.0. The lowest BCUT2D eigenvalue weighted by Gasteiger charge is -2.60. The van der Waals surface area contributed by atoms with Gasteiger partial charge in [-0.3, -0.25) is 10.1 Å². The zero-order valence-corrected chi connectivity index (χ0v) is 21.4. The van der Waals surface area contributed by atoms with Crippen LogP contribution >= 0.6 is 0 Å². The number of aliphatic hydroxyl groups is 2. The molecule has 206 valence electrons. The third-order valence-electron chi connectivity index (χ3n) is 9.22. The molecule has 0 aromatic heterocycles. The summed E-state index contributed by atoms with van der Waals surface area (Å²) in [5.41, 5.74) is -2.20. The molecule has 3 N–H and O–H groups in total. The summed E-state index contributed by atoms with van der Waals surface area (Å²) in [6, 6.07) is 4.32. The Morgan fingerprint density at radius 2 is 1.86 bits per heavy atom. The number of ether oxygens (including phenoxy) is 1. The van der Waals surface area contributed by atoms with Crippen molar-refractivity contribution < 1.29 is 37.7 Å². The number of hydrogen-bond acceptors (Lipinski definition) is 5. The highest BCUT2D eigenvalue weighted by atomic mass is 19.4. The second-order valence-corrected chi connectivity index (χ2v) is 11.4. The van der Waals surface area contributed by atoms with Crippen LogP contribution in [0.25, 0.3) is 0 Å². The first-order chi connectivity index (χ1) is 17.4. The topological polar surface area (TPSA) is 99.1 Å². The fourth-order valence-corrected chi connectivity index (χ4v) is 7.11. The lowest BCUT2D eigenvalue weighted by atomic mass is 9.46. The first-order valence-corrected chi connectivity index (χ1v) is 13.1. The first-order valence-electron chi connectivity index (χ1n) is 13.1. The Morgan fingerprint density at radius 1 is 1.16 bits per heavy atom. The largest absolute Gasteiger partial charge is 0.445 e. The number of amides is 2. The number of likely N-dealkylation sites (tertiary alicyclic amines) is 1. The molecule has 1 aromatic carbocycles. The quantitative estimate of drug-likeness (QED) is 0.511. The van der Waals surface area contributed by atoms with Crippen molar-refractivity contribution in [2.75, 3.05) is 25.0 Å². The van der Waals surface area contributed by atoms with E-state index in [1.54, 1.807) is 0 Å². The summed E-state index contributed by atoms with van der Waals surface area (Å²) < 4.78 is 44.8. The van der Waals surface area contributed by atoms with Crippen LogP contribution in [-0.4, -0.2) is 59.0 Å². The van der Waals surface area contributed by atoms with E-state index < -0.39 is 40.9 Å². The molecule has 2 amide bonds. The van der Waals surface area contributed by atoms with Crippen molar-refractivity contribution in [3.05, 3.63) is 29.8 Å². The van der Waals surface area contributed by atoms with E-state index in [-0.39, 0.29) is 36.5 Å². The van der Waals surface area contributed by atoms with E-state index in [1.165, 1.54) is 12.1 Å². The van der Waals surface area contributed by atoms with Crippen molar-refractivity contribution in [1.29, 1.82) is 0 Å². The van der Waals surface area contributed by atoms with Crippen LogP contribution in [-0.2, 0) is 15.7 Å². The van der Waals surface area contributed by atoms with Gasteiger partial charge in [-0.2, -0.15) is 13.2 Å². The summed E-state index contributed by atoms with van der Waals surface area (Å²) in [6.45, 7) is 5.14. The van der Waals surface area contributed by atoms with Crippen LogP contribution < -0.4 is 5.32 Å². The lowest BCUT2D eigenvalue weighted by Crippen LogP contribution is -2.61. The molecular weight excluding hydrogens is 489 g/mol. The molecule has 1 heterocycles. The lowest BCUT2D eigenvalue weighted by molar-refractivity contribution is -0.186. The Morgan fingerprint density at radius 3 is 2.51 bits per heavy atom. The van der Waals surface area contributed by atoms with Gasteiger partial charge in [0.2, 0.25) is 5.91 Å². The van der Waals surface area contributed by atoms with E-state index >= 15 is 0 Å². The van der Waals surface area contributed by atoms with Crippen LogP contribution in [0.4, 0.5) is 23.7 Å². The van der Waals surface area contributed by atoms with E-state index in [9.17, 15) is 33.0 Å². The molecule has 1 aromatic rings. The molecule has 6 atom stereocenters. The van der Waals surface area contributed by atoms with E-state index in [2.05, 4.69) is 12.2 Å². The fraction of sp³-hybridized carbons (Fsp3) is 0.704. The number of halogens is 3. The highest BCUT2D eigenvalue weighted by Gasteiger charge is 2.60. The highest BCUT2D eigenvalue weighted by Crippen LogP contribution is 2.61. The minimum Gasteiger partial charge on any atom is -0.445 e. The summed E-state index contributed by atoms with van der Waals surface area (Å²) >= 11 is 0. The van der Waals surface area contributed by atoms with Gasteiger partial charge >= 0.3 is 12.3 Å². The number of nitrogens with one attached hydrogen (secondary N) is 1. The third-order valence-corrected chi connectivity index (χ3v) is 9.22. The average Bonchev–Trinajstić information content (AvgIpc) is 3.38. The molecule has 10 heteroatoms. The third kappa shape index (κ3) is 5.46. The maximum Gasteiger partial charge on any atom is 0.416 e. The van der Waals surface area contributed by atoms with Crippen molar-refractivity contribution in [2.45, 2.75) is 77.2 Å². The van der Waals surface area contributed by atoms with Gasteiger partial charge in [0.15, 0.2) is 0 Å². The monoisotopic (exact) mass is 526 g/mol. The molecule has 2 saturated carbocycles. The molecule has 1 aliphatic heterocycles. The highest BCUT2D eigenvalue weighted by molar-refractivity contribution is 5.84. The molecule has 4 rings (SSSR count). The van der Waals surface area contributed by atoms with Crippen molar-refractivity contribution in [3.63, 3.8) is 0 Å². The zero-order valence-electron chi connectivity index (χ0n) is 21.4. The summed E-state index contributed by atoms with van der Waals surface area (Å²) in [7, 11) is 0. The molecule has 0 bridgehead atoms. The van der Waals surface area contributed by atoms with Crippen LogP contribution in [0.15, 0.2) is 24.3 Å². The number of carbonyl (C=O) groups is 2. The number of aliphatic hydroxyl groups excluding tert-OH is 2. The maximum absolute atomic E-state index is 13.0. The van der Waals surface area contributed by atoms with E-state index in [1.807, 2.05) is 11.8 Å². The van der Waals surface area contributed by atoms with Crippen molar-refractivity contribution in [1.82, 2.24) is 4.90 Å². The number of fused-ring (bicyclic) bond motifs is 1. The second kappa shape index (κ2) is 10.4. The minimum atomic E-state index is -4.54. The molecule has 3 fully saturated rings. The Bertz CT molecular complexity index is 998. The zero-order chi connectivity index (χ0) is 27.0. The number of benzene rings is 1. The molecule has 1 saturated heterocycles. The predicted octanol–water partition coefficient (Wildman–Crippen LogP) is 4.82. The van der Waals surface area contributed by atoms with Crippen LogP contribution in [0, 0.1) is 22.7 Å². The van der Waals surface area contributed by atoms with Crippen molar-refractivity contribution in [3.8, 4) is 0 Å². The number of alkyl halides is 3. The van der Waals surface area contributed by atoms with Crippen LogP contribution in [0.3, 0.4) is 0 Å². The number of anilines is 1. The van der Waals surface area contributed by atoms with Gasteiger partial charge in [-0.15, -0.1) is 0 Å². The predicted molar refractivity (Wildman–Crippen MR) is 131 cm³/mol. The van der Waals surface area contributed by atoms with E-state index in [4.69, 9.17) is 4.74 Å². The minimum absolute atomic E-state index is 0.0348. The molecule has 0 spiro atoms. The Balaban J connectivity index is 1.49. The Hall–Kier alpha value is -2.33. The smallest absolute Gasteiger partial charge is 0.416 e.